The number of ether oxygens (including phenoxy) is 1. The Hall–Kier alpha value is -1.83. The van der Waals surface area contributed by atoms with Crippen LogP contribution in [0.15, 0.2) is 0 Å². The van der Waals surface area contributed by atoms with Gasteiger partial charge in [-0.1, -0.05) is 6.42 Å². The van der Waals surface area contributed by atoms with Crippen molar-refractivity contribution in [1.82, 2.24) is 15.5 Å². The molecule has 0 radical (unpaired) electrons. The number of nitrogens with two attached hydrogens (primary N) is 1. The van der Waals surface area contributed by atoms with E-state index in [0.717, 1.165) is 25.8 Å². The summed E-state index contributed by atoms with van der Waals surface area (Å²) >= 11 is 0. The Balaban J connectivity index is 2.46. The highest BCUT2D eigenvalue weighted by atomic mass is 16.6. The third kappa shape index (κ3) is 7.26. The van der Waals surface area contributed by atoms with Crippen LogP contribution in [0.3, 0.4) is 0 Å². The normalized spacial score (nSPS) is 19.3. The first kappa shape index (κ1) is 18.2. The molecule has 126 valence electrons. The Kier molecular flexibility index (Phi) is 6.61. The molecule has 1 aliphatic rings. The van der Waals surface area contributed by atoms with E-state index in [9.17, 15) is 14.4 Å². The molecule has 4 amide bonds. The summed E-state index contributed by atoms with van der Waals surface area (Å²) in [5.74, 6) is -0.434. The van der Waals surface area contributed by atoms with E-state index in [1.807, 2.05) is 4.90 Å². The molecule has 1 fully saturated rings. The smallest absolute Gasteiger partial charge is 0.407 e. The molecular weight excluding hydrogens is 288 g/mol. The van der Waals surface area contributed by atoms with Crippen molar-refractivity contribution in [1.29, 1.82) is 0 Å². The number of nitrogens with one attached hydrogen (secondary N) is 2. The summed E-state index contributed by atoms with van der Waals surface area (Å²) in [5, 5.41) is 4.78. The molecule has 0 spiro atoms. The number of imide groups is 1. The van der Waals surface area contributed by atoms with Gasteiger partial charge in [0.2, 0.25) is 5.91 Å². The number of primary amides is 1. The van der Waals surface area contributed by atoms with Gasteiger partial charge < -0.3 is 15.8 Å². The molecule has 1 saturated heterocycles. The van der Waals surface area contributed by atoms with Gasteiger partial charge in [-0.25, -0.2) is 9.59 Å². The van der Waals surface area contributed by atoms with E-state index in [1.165, 1.54) is 0 Å². The van der Waals surface area contributed by atoms with Crippen LogP contribution < -0.4 is 16.4 Å². The number of hydrogen-bond acceptors (Lipinski definition) is 5. The van der Waals surface area contributed by atoms with Crippen molar-refractivity contribution in [3.8, 4) is 0 Å². The first-order valence-corrected chi connectivity index (χ1v) is 7.47. The van der Waals surface area contributed by atoms with E-state index in [0.29, 0.717) is 6.54 Å². The lowest BCUT2D eigenvalue weighted by molar-refractivity contribution is -0.122. The number of piperidine rings is 1. The minimum absolute atomic E-state index is 0.0416. The Morgan fingerprint density at radius 2 is 1.95 bits per heavy atom. The molecule has 0 aromatic heterocycles. The minimum Gasteiger partial charge on any atom is -0.444 e. The molecule has 4 N–H and O–H groups in total. The maximum atomic E-state index is 11.7. The van der Waals surface area contributed by atoms with Crippen LogP contribution in [0, 0.1) is 0 Å². The second-order valence-corrected chi connectivity index (χ2v) is 6.42. The molecule has 1 aliphatic heterocycles. The molecule has 0 aromatic rings. The number of hydrogen-bond donors (Lipinski definition) is 3. The van der Waals surface area contributed by atoms with E-state index < -0.39 is 23.6 Å². The van der Waals surface area contributed by atoms with Crippen molar-refractivity contribution in [3.63, 3.8) is 0 Å². The average Bonchev–Trinajstić information content (AvgIpc) is 2.34. The van der Waals surface area contributed by atoms with Gasteiger partial charge in [0, 0.05) is 12.6 Å². The van der Waals surface area contributed by atoms with Crippen LogP contribution in [-0.4, -0.2) is 54.2 Å². The summed E-state index contributed by atoms with van der Waals surface area (Å²) in [7, 11) is 0. The van der Waals surface area contributed by atoms with Gasteiger partial charge in [-0.2, -0.15) is 0 Å². The van der Waals surface area contributed by atoms with Gasteiger partial charge in [0.05, 0.1) is 6.54 Å². The van der Waals surface area contributed by atoms with Crippen LogP contribution in [0.1, 0.15) is 40.0 Å². The number of urea groups is 1. The molecule has 0 saturated carbocycles. The molecule has 8 nitrogen and oxygen atoms in total. The quantitative estimate of drug-likeness (QED) is 0.701. The van der Waals surface area contributed by atoms with Crippen LogP contribution in [0.5, 0.6) is 0 Å². The van der Waals surface area contributed by atoms with Crippen molar-refractivity contribution >= 4 is 18.0 Å². The number of carbonyl (C=O) groups excluding carboxylic acids is 3. The summed E-state index contributed by atoms with van der Waals surface area (Å²) in [6.07, 6.45) is 2.42. The Morgan fingerprint density at radius 3 is 2.55 bits per heavy atom. The molecule has 1 unspecified atom stereocenters. The van der Waals surface area contributed by atoms with Gasteiger partial charge in [-0.05, 0) is 40.2 Å². The second kappa shape index (κ2) is 7.98. The lowest BCUT2D eigenvalue weighted by Gasteiger charge is -2.35. The molecule has 0 bridgehead atoms. The van der Waals surface area contributed by atoms with E-state index in [4.69, 9.17) is 10.5 Å². The third-order valence-corrected chi connectivity index (χ3v) is 3.24. The molecule has 1 heterocycles. The Morgan fingerprint density at radius 1 is 1.27 bits per heavy atom. The van der Waals surface area contributed by atoms with E-state index in [2.05, 4.69) is 10.6 Å². The van der Waals surface area contributed by atoms with Crippen LogP contribution >= 0.6 is 0 Å². The van der Waals surface area contributed by atoms with Gasteiger partial charge in [0.1, 0.15) is 5.60 Å². The predicted molar refractivity (Wildman–Crippen MR) is 81.2 cm³/mol. The highest BCUT2D eigenvalue weighted by Gasteiger charge is 2.25. The second-order valence-electron chi connectivity index (χ2n) is 6.42. The molecule has 22 heavy (non-hydrogen) atoms. The number of rotatable bonds is 4. The zero-order valence-corrected chi connectivity index (χ0v) is 13.5. The van der Waals surface area contributed by atoms with Gasteiger partial charge in [-0.15, -0.1) is 0 Å². The highest BCUT2D eigenvalue weighted by molar-refractivity contribution is 5.94. The summed E-state index contributed by atoms with van der Waals surface area (Å²) < 4.78 is 5.19. The molecule has 8 heteroatoms. The maximum absolute atomic E-state index is 11.7. The topological polar surface area (TPSA) is 114 Å². The van der Waals surface area contributed by atoms with Gasteiger partial charge >= 0.3 is 12.1 Å². The SMILES string of the molecule is CC(C)(C)OC(=O)NCC1CCCCN1CC(=O)NC(N)=O. The fourth-order valence-corrected chi connectivity index (χ4v) is 2.38. The van der Waals surface area contributed by atoms with E-state index in [1.54, 1.807) is 20.8 Å². The number of amides is 4. The van der Waals surface area contributed by atoms with Gasteiger partial charge in [0.25, 0.3) is 0 Å². The highest BCUT2D eigenvalue weighted by Crippen LogP contribution is 2.16. The molecule has 1 atom stereocenters. The zero-order chi connectivity index (χ0) is 16.8. The van der Waals surface area contributed by atoms with E-state index >= 15 is 0 Å². The molecule has 1 rings (SSSR count). The summed E-state index contributed by atoms with van der Waals surface area (Å²) in [6.45, 7) is 6.63. The average molecular weight is 314 g/mol. The van der Waals surface area contributed by atoms with E-state index in [-0.39, 0.29) is 12.6 Å². The Bertz CT molecular complexity index is 420. The number of nitrogens with zero attached hydrogens (tertiary/aromatic N) is 1. The van der Waals surface area contributed by atoms with Gasteiger partial charge in [-0.3, -0.25) is 15.0 Å². The standard InChI is InChI=1S/C14H26N4O4/c1-14(2,3)22-13(21)16-8-10-6-4-5-7-18(10)9-11(19)17-12(15)20/h10H,4-9H2,1-3H3,(H,16,21)(H3,15,17,19,20). The van der Waals surface area contributed by atoms with Crippen molar-refractivity contribution in [2.24, 2.45) is 5.73 Å². The monoisotopic (exact) mass is 314 g/mol. The van der Waals surface area contributed by atoms with Crippen LogP contribution in [0.4, 0.5) is 9.59 Å². The lowest BCUT2D eigenvalue weighted by Crippen LogP contribution is -2.51. The van der Waals surface area contributed by atoms with Crippen LogP contribution in [-0.2, 0) is 9.53 Å². The van der Waals surface area contributed by atoms with Crippen molar-refractivity contribution in [3.05, 3.63) is 0 Å². The van der Waals surface area contributed by atoms with Crippen molar-refractivity contribution in [2.45, 2.75) is 51.7 Å². The predicted octanol–water partition coefficient (Wildman–Crippen LogP) is 0.561. The number of likely N-dealkylation sites (tertiary alicyclic amines) is 1. The lowest BCUT2D eigenvalue weighted by atomic mass is 10.0. The summed E-state index contributed by atoms with van der Waals surface area (Å²) in [6, 6.07) is -0.815. The fourth-order valence-electron chi connectivity index (χ4n) is 2.38. The number of carbonyl (C=O) groups is 3. The van der Waals surface area contributed by atoms with Crippen molar-refractivity contribution < 1.29 is 19.1 Å². The van der Waals surface area contributed by atoms with Crippen LogP contribution in [0.25, 0.3) is 0 Å². The molecule has 0 aromatic carbocycles. The first-order chi connectivity index (χ1) is 10.2. The molecule has 0 aliphatic carbocycles. The zero-order valence-electron chi connectivity index (χ0n) is 13.5. The number of alkyl carbamates (subject to hydrolysis) is 1. The molecular formula is C14H26N4O4. The maximum Gasteiger partial charge on any atom is 0.407 e. The minimum atomic E-state index is -0.856. The van der Waals surface area contributed by atoms with Crippen molar-refractivity contribution in [2.75, 3.05) is 19.6 Å². The summed E-state index contributed by atoms with van der Waals surface area (Å²) in [4.78, 5) is 35.9. The van der Waals surface area contributed by atoms with Crippen LogP contribution in [0.2, 0.25) is 0 Å². The third-order valence-electron chi connectivity index (χ3n) is 3.24. The Labute approximate surface area is 130 Å². The van der Waals surface area contributed by atoms with Gasteiger partial charge in [0.15, 0.2) is 0 Å². The first-order valence-electron chi connectivity index (χ1n) is 7.47. The fraction of sp³-hybridized carbons (Fsp3) is 0.786. The largest absolute Gasteiger partial charge is 0.444 e. The summed E-state index contributed by atoms with van der Waals surface area (Å²) in [5.41, 5.74) is 4.38.